The molecule has 164 valence electrons. The van der Waals surface area contributed by atoms with E-state index in [4.69, 9.17) is 4.74 Å². The molecule has 0 atom stereocenters. The van der Waals surface area contributed by atoms with Crippen molar-refractivity contribution in [3.05, 3.63) is 95.9 Å². The Morgan fingerprint density at radius 1 is 1.06 bits per heavy atom. The van der Waals surface area contributed by atoms with Gasteiger partial charge in [0.1, 0.15) is 11.6 Å². The summed E-state index contributed by atoms with van der Waals surface area (Å²) in [6.07, 6.45) is 2.11. The molecule has 0 radical (unpaired) electrons. The molecule has 0 aliphatic rings. The van der Waals surface area contributed by atoms with Crippen molar-refractivity contribution >= 4 is 28.6 Å². The second-order valence-electron chi connectivity index (χ2n) is 7.34. The Bertz CT molecular complexity index is 1200. The lowest BCUT2D eigenvalue weighted by molar-refractivity contribution is 0.0952. The van der Waals surface area contributed by atoms with Gasteiger partial charge in [-0.2, -0.15) is 0 Å². The number of thioether (sulfide) groups is 1. The van der Waals surface area contributed by atoms with Crippen LogP contribution in [0.15, 0.2) is 83.9 Å². The highest BCUT2D eigenvalue weighted by atomic mass is 32.2. The van der Waals surface area contributed by atoms with Crippen LogP contribution < -0.4 is 10.1 Å². The molecule has 4 aromatic rings. The summed E-state index contributed by atoms with van der Waals surface area (Å²) >= 11 is 1.69. The Kier molecular flexibility index (Phi) is 7.12. The number of carbonyl (C=O) groups is 1. The van der Waals surface area contributed by atoms with Crippen LogP contribution in [-0.4, -0.2) is 23.6 Å². The third kappa shape index (κ3) is 5.32. The molecule has 1 N–H and O–H groups in total. The van der Waals surface area contributed by atoms with Gasteiger partial charge in [0.25, 0.3) is 5.91 Å². The predicted octanol–water partition coefficient (Wildman–Crippen LogP) is 5.90. The average molecular weight is 449 g/mol. The third-order valence-corrected chi connectivity index (χ3v) is 6.22. The van der Waals surface area contributed by atoms with E-state index < -0.39 is 0 Å². The lowest BCUT2D eigenvalue weighted by Gasteiger charge is -2.08. The van der Waals surface area contributed by atoms with Gasteiger partial charge in [0.05, 0.1) is 6.61 Å². The van der Waals surface area contributed by atoms with E-state index in [1.807, 2.05) is 25.1 Å². The van der Waals surface area contributed by atoms with E-state index in [-0.39, 0.29) is 11.7 Å². The van der Waals surface area contributed by atoms with Crippen LogP contribution in [0, 0.1) is 5.82 Å². The highest BCUT2D eigenvalue weighted by molar-refractivity contribution is 7.98. The highest BCUT2D eigenvalue weighted by Gasteiger charge is 2.10. The second kappa shape index (κ2) is 10.4. The first kappa shape index (κ1) is 22.0. The topological polar surface area (TPSA) is 43.3 Å². The molecular weight excluding hydrogens is 423 g/mol. The molecule has 0 saturated heterocycles. The molecule has 0 spiro atoms. The van der Waals surface area contributed by atoms with Crippen LogP contribution >= 0.6 is 11.8 Å². The van der Waals surface area contributed by atoms with Crippen molar-refractivity contribution in [2.24, 2.45) is 0 Å². The molecule has 32 heavy (non-hydrogen) atoms. The summed E-state index contributed by atoms with van der Waals surface area (Å²) < 4.78 is 21.1. The van der Waals surface area contributed by atoms with Crippen molar-refractivity contribution in [3.8, 4) is 5.75 Å². The lowest BCUT2D eigenvalue weighted by atomic mass is 10.2. The smallest absolute Gasteiger partial charge is 0.251 e. The van der Waals surface area contributed by atoms with Crippen LogP contribution in [0.25, 0.3) is 10.9 Å². The minimum atomic E-state index is -0.214. The molecule has 4 nitrogen and oxygen atoms in total. The number of benzene rings is 3. The first-order valence-corrected chi connectivity index (χ1v) is 11.6. The quantitative estimate of drug-likeness (QED) is 0.324. The third-order valence-electron chi connectivity index (χ3n) is 5.10. The lowest BCUT2D eigenvalue weighted by Crippen LogP contribution is -2.27. The van der Waals surface area contributed by atoms with Crippen LogP contribution in [0.1, 0.15) is 22.8 Å². The zero-order valence-electron chi connectivity index (χ0n) is 17.9. The van der Waals surface area contributed by atoms with Gasteiger partial charge in [-0.3, -0.25) is 4.79 Å². The number of rotatable bonds is 9. The SMILES string of the molecule is CCOc1ccc(C(=O)NCCn2cc(SCc3cccc(F)c3)c3ccccc32)cc1. The fourth-order valence-corrected chi connectivity index (χ4v) is 4.59. The summed E-state index contributed by atoms with van der Waals surface area (Å²) in [5.41, 5.74) is 2.68. The molecule has 0 fully saturated rings. The van der Waals surface area contributed by atoms with E-state index in [0.29, 0.717) is 31.0 Å². The first-order valence-electron chi connectivity index (χ1n) is 10.6. The van der Waals surface area contributed by atoms with Gasteiger partial charge in [-0.1, -0.05) is 30.3 Å². The van der Waals surface area contributed by atoms with Crippen molar-refractivity contribution in [1.82, 2.24) is 9.88 Å². The molecule has 4 rings (SSSR count). The molecular formula is C26H25FN2O2S. The van der Waals surface area contributed by atoms with Crippen LogP contribution in [-0.2, 0) is 12.3 Å². The maximum Gasteiger partial charge on any atom is 0.251 e. The normalized spacial score (nSPS) is 10.9. The average Bonchev–Trinajstić information content (AvgIpc) is 3.16. The van der Waals surface area contributed by atoms with E-state index in [1.165, 1.54) is 6.07 Å². The Balaban J connectivity index is 1.40. The van der Waals surface area contributed by atoms with Gasteiger partial charge < -0.3 is 14.6 Å². The number of carbonyl (C=O) groups excluding carboxylic acids is 1. The zero-order chi connectivity index (χ0) is 22.3. The number of aromatic nitrogens is 1. The summed E-state index contributed by atoms with van der Waals surface area (Å²) in [5, 5.41) is 4.15. The fourth-order valence-electron chi connectivity index (χ4n) is 3.56. The van der Waals surface area contributed by atoms with Gasteiger partial charge >= 0.3 is 0 Å². The van der Waals surface area contributed by atoms with Crippen LogP contribution in [0.2, 0.25) is 0 Å². The number of nitrogens with zero attached hydrogens (tertiary/aromatic N) is 1. The van der Waals surface area contributed by atoms with Crippen molar-refractivity contribution in [2.75, 3.05) is 13.2 Å². The monoisotopic (exact) mass is 448 g/mol. The van der Waals surface area contributed by atoms with E-state index in [9.17, 15) is 9.18 Å². The standard InChI is InChI=1S/C26H25FN2O2S/c1-2-31-22-12-10-20(11-13-22)26(30)28-14-15-29-17-25(23-8-3-4-9-24(23)29)32-18-19-6-5-7-21(27)16-19/h3-13,16-17H,2,14-15,18H2,1H3,(H,28,30). The minimum absolute atomic E-state index is 0.106. The molecule has 0 aliphatic heterocycles. The Labute approximate surface area is 191 Å². The molecule has 1 amide bonds. The molecule has 1 aromatic heterocycles. The predicted molar refractivity (Wildman–Crippen MR) is 128 cm³/mol. The Morgan fingerprint density at radius 2 is 1.88 bits per heavy atom. The number of amides is 1. The van der Waals surface area contributed by atoms with E-state index in [0.717, 1.165) is 27.1 Å². The summed E-state index contributed by atoms with van der Waals surface area (Å²) in [6, 6.07) is 22.1. The van der Waals surface area contributed by atoms with Crippen LogP contribution in [0.5, 0.6) is 5.75 Å². The van der Waals surface area contributed by atoms with Crippen molar-refractivity contribution in [3.63, 3.8) is 0 Å². The van der Waals surface area contributed by atoms with E-state index >= 15 is 0 Å². The van der Waals surface area contributed by atoms with Gasteiger partial charge in [-0.15, -0.1) is 11.8 Å². The Morgan fingerprint density at radius 3 is 2.66 bits per heavy atom. The molecule has 0 unspecified atom stereocenters. The molecule has 3 aromatic carbocycles. The number of ether oxygens (including phenoxy) is 1. The van der Waals surface area contributed by atoms with Crippen molar-refractivity contribution < 1.29 is 13.9 Å². The highest BCUT2D eigenvalue weighted by Crippen LogP contribution is 2.32. The second-order valence-corrected chi connectivity index (χ2v) is 8.35. The maximum atomic E-state index is 13.5. The number of fused-ring (bicyclic) bond motifs is 1. The van der Waals surface area contributed by atoms with Gasteiger partial charge in [0.2, 0.25) is 0 Å². The van der Waals surface area contributed by atoms with Crippen molar-refractivity contribution in [2.45, 2.75) is 24.1 Å². The summed E-state index contributed by atoms with van der Waals surface area (Å²) in [7, 11) is 0. The van der Waals surface area contributed by atoms with Gasteiger partial charge in [0.15, 0.2) is 0 Å². The largest absolute Gasteiger partial charge is 0.494 e. The first-order chi connectivity index (χ1) is 15.6. The van der Waals surface area contributed by atoms with E-state index in [1.54, 1.807) is 48.2 Å². The minimum Gasteiger partial charge on any atom is -0.494 e. The van der Waals surface area contributed by atoms with Crippen LogP contribution in [0.4, 0.5) is 4.39 Å². The molecule has 0 aliphatic carbocycles. The van der Waals surface area contributed by atoms with E-state index in [2.05, 4.69) is 28.2 Å². The number of nitrogens with one attached hydrogen (secondary N) is 1. The molecule has 0 bridgehead atoms. The Hall–Kier alpha value is -3.25. The summed E-state index contributed by atoms with van der Waals surface area (Å²) in [4.78, 5) is 13.6. The summed E-state index contributed by atoms with van der Waals surface area (Å²) in [6.45, 7) is 3.69. The van der Waals surface area contributed by atoms with Crippen molar-refractivity contribution in [1.29, 1.82) is 0 Å². The van der Waals surface area contributed by atoms with Crippen LogP contribution in [0.3, 0.4) is 0 Å². The zero-order valence-corrected chi connectivity index (χ0v) is 18.7. The number of para-hydroxylation sites is 1. The summed E-state index contributed by atoms with van der Waals surface area (Å²) in [5.74, 6) is 1.13. The van der Waals surface area contributed by atoms with Gasteiger partial charge in [-0.25, -0.2) is 4.39 Å². The number of halogens is 1. The maximum absolute atomic E-state index is 13.5. The van der Waals surface area contributed by atoms with Gasteiger partial charge in [-0.05, 0) is 55.0 Å². The molecule has 6 heteroatoms. The van der Waals surface area contributed by atoms with Gasteiger partial charge in [0, 0.05) is 46.4 Å². The number of hydrogen-bond acceptors (Lipinski definition) is 3. The number of hydrogen-bond donors (Lipinski definition) is 1. The molecule has 0 saturated carbocycles. The molecule has 1 heterocycles. The fraction of sp³-hybridized carbons (Fsp3) is 0.192.